The van der Waals surface area contributed by atoms with E-state index in [4.69, 9.17) is 28.3 Å². The fraction of sp³-hybridized carbons (Fsp3) is 0.364. The number of halogens is 2. The molecule has 1 aliphatic rings. The molecule has 1 aromatic carbocycles. The zero-order valence-corrected chi connectivity index (χ0v) is 12.0. The molecule has 8 heteroatoms. The topological polar surface area (TPSA) is 74.7 Å². The van der Waals surface area contributed by atoms with Gasteiger partial charge in [-0.25, -0.2) is 8.42 Å². The lowest BCUT2D eigenvalue weighted by Crippen LogP contribution is -2.40. The molecule has 19 heavy (non-hydrogen) atoms. The van der Waals surface area contributed by atoms with E-state index in [-0.39, 0.29) is 27.9 Å². The zero-order chi connectivity index (χ0) is 14.2. The molecule has 0 spiro atoms. The predicted molar refractivity (Wildman–Crippen MR) is 71.0 cm³/mol. The lowest BCUT2D eigenvalue weighted by molar-refractivity contribution is -0.140. The van der Waals surface area contributed by atoms with E-state index in [1.807, 2.05) is 0 Å². The molecule has 2 rings (SSSR count). The molecule has 1 aromatic rings. The Morgan fingerprint density at radius 2 is 1.89 bits per heavy atom. The van der Waals surface area contributed by atoms with Crippen molar-refractivity contribution in [3.8, 4) is 0 Å². The second-order valence-electron chi connectivity index (χ2n) is 4.16. The Kier molecular flexibility index (Phi) is 4.06. The van der Waals surface area contributed by atoms with Gasteiger partial charge in [0.05, 0.1) is 10.0 Å². The fourth-order valence-electron chi connectivity index (χ4n) is 2.12. The van der Waals surface area contributed by atoms with Gasteiger partial charge in [-0.2, -0.15) is 4.31 Å². The largest absolute Gasteiger partial charge is 0.480 e. The van der Waals surface area contributed by atoms with Crippen LogP contribution < -0.4 is 0 Å². The fourth-order valence-corrected chi connectivity index (χ4v) is 4.87. The molecule has 0 amide bonds. The third kappa shape index (κ3) is 2.58. The Morgan fingerprint density at radius 3 is 2.42 bits per heavy atom. The molecule has 1 heterocycles. The number of aliphatic carboxylic acids is 1. The number of benzene rings is 1. The molecule has 0 unspecified atom stereocenters. The van der Waals surface area contributed by atoms with Gasteiger partial charge in [-0.15, -0.1) is 0 Å². The van der Waals surface area contributed by atoms with E-state index < -0.39 is 22.0 Å². The lowest BCUT2D eigenvalue weighted by atomic mass is 10.2. The van der Waals surface area contributed by atoms with Crippen LogP contribution in [0.25, 0.3) is 0 Å². The number of carbonyl (C=O) groups is 1. The highest BCUT2D eigenvalue weighted by molar-refractivity contribution is 7.89. The summed E-state index contributed by atoms with van der Waals surface area (Å²) in [4.78, 5) is 10.9. The van der Waals surface area contributed by atoms with Gasteiger partial charge in [0.1, 0.15) is 10.9 Å². The predicted octanol–water partition coefficient (Wildman–Crippen LogP) is 2.23. The molecule has 0 aromatic heterocycles. The standard InChI is InChI=1S/C11H11Cl2NO4S/c12-7-3-1-4-8(13)10(7)19(17,18)14-6-2-5-9(14)11(15)16/h1,3-4,9H,2,5-6H2,(H,15,16)/t9-/m0/s1. The summed E-state index contributed by atoms with van der Waals surface area (Å²) < 4.78 is 25.9. The maximum Gasteiger partial charge on any atom is 0.322 e. The van der Waals surface area contributed by atoms with Crippen LogP contribution in [-0.2, 0) is 14.8 Å². The number of carboxylic acid groups (broad SMARTS) is 1. The normalized spacial score (nSPS) is 20.6. The number of nitrogens with zero attached hydrogens (tertiary/aromatic N) is 1. The van der Waals surface area contributed by atoms with Crippen molar-refractivity contribution < 1.29 is 18.3 Å². The summed E-state index contributed by atoms with van der Waals surface area (Å²) in [6.45, 7) is 0.154. The van der Waals surface area contributed by atoms with E-state index in [2.05, 4.69) is 0 Å². The van der Waals surface area contributed by atoms with Crippen molar-refractivity contribution in [3.63, 3.8) is 0 Å². The monoisotopic (exact) mass is 323 g/mol. The van der Waals surface area contributed by atoms with Gasteiger partial charge >= 0.3 is 5.97 Å². The first-order valence-corrected chi connectivity index (χ1v) is 7.74. The molecule has 1 saturated heterocycles. The average molecular weight is 324 g/mol. The molecule has 1 N–H and O–H groups in total. The van der Waals surface area contributed by atoms with Gasteiger partial charge in [-0.3, -0.25) is 4.79 Å². The van der Waals surface area contributed by atoms with Crippen molar-refractivity contribution in [1.29, 1.82) is 0 Å². The summed E-state index contributed by atoms with van der Waals surface area (Å²) in [5, 5.41) is 9.04. The molecule has 5 nitrogen and oxygen atoms in total. The lowest BCUT2D eigenvalue weighted by Gasteiger charge is -2.22. The molecule has 0 bridgehead atoms. The minimum atomic E-state index is -4.01. The molecule has 1 fully saturated rings. The molecule has 1 atom stereocenters. The molecule has 1 aliphatic heterocycles. The highest BCUT2D eigenvalue weighted by atomic mass is 35.5. The average Bonchev–Trinajstić information content (AvgIpc) is 2.77. The summed E-state index contributed by atoms with van der Waals surface area (Å²) in [5.41, 5.74) is 0. The number of carboxylic acids is 1. The van der Waals surface area contributed by atoms with Gasteiger partial charge in [0.2, 0.25) is 10.0 Å². The van der Waals surface area contributed by atoms with Crippen molar-refractivity contribution in [2.24, 2.45) is 0 Å². The smallest absolute Gasteiger partial charge is 0.322 e. The van der Waals surface area contributed by atoms with Crippen LogP contribution in [0.4, 0.5) is 0 Å². The highest BCUT2D eigenvalue weighted by Crippen LogP contribution is 2.34. The number of rotatable bonds is 3. The van der Waals surface area contributed by atoms with E-state index in [0.717, 1.165) is 4.31 Å². The van der Waals surface area contributed by atoms with E-state index in [0.29, 0.717) is 6.42 Å². The molecule has 0 radical (unpaired) electrons. The van der Waals surface area contributed by atoms with Crippen LogP contribution in [-0.4, -0.2) is 36.4 Å². The van der Waals surface area contributed by atoms with Crippen molar-refractivity contribution >= 4 is 39.2 Å². The van der Waals surface area contributed by atoms with Crippen LogP contribution in [0.1, 0.15) is 12.8 Å². The number of hydrogen-bond acceptors (Lipinski definition) is 3. The SMILES string of the molecule is O=C(O)[C@@H]1CCCN1S(=O)(=O)c1c(Cl)cccc1Cl. The first kappa shape index (κ1) is 14.6. The van der Waals surface area contributed by atoms with Crippen molar-refractivity contribution in [3.05, 3.63) is 28.2 Å². The second kappa shape index (κ2) is 5.28. The van der Waals surface area contributed by atoms with E-state index >= 15 is 0 Å². The third-order valence-electron chi connectivity index (χ3n) is 2.97. The van der Waals surface area contributed by atoms with Gasteiger partial charge in [0.25, 0.3) is 0 Å². The van der Waals surface area contributed by atoms with Crippen molar-refractivity contribution in [2.45, 2.75) is 23.8 Å². The Balaban J connectivity index is 2.51. The summed E-state index contributed by atoms with van der Waals surface area (Å²) >= 11 is 11.8. The number of hydrogen-bond donors (Lipinski definition) is 1. The quantitative estimate of drug-likeness (QED) is 0.925. The van der Waals surface area contributed by atoms with Gasteiger partial charge in [-0.05, 0) is 25.0 Å². The van der Waals surface area contributed by atoms with Crippen LogP contribution in [0, 0.1) is 0 Å². The van der Waals surface area contributed by atoms with Gasteiger partial charge in [-0.1, -0.05) is 29.3 Å². The molecule has 104 valence electrons. The molecule has 0 aliphatic carbocycles. The zero-order valence-electron chi connectivity index (χ0n) is 9.71. The van der Waals surface area contributed by atoms with Crippen LogP contribution >= 0.6 is 23.2 Å². The minimum absolute atomic E-state index is 0.0106. The third-order valence-corrected chi connectivity index (χ3v) is 5.84. The van der Waals surface area contributed by atoms with Gasteiger partial charge in [0, 0.05) is 6.54 Å². The van der Waals surface area contributed by atoms with Crippen molar-refractivity contribution in [1.82, 2.24) is 4.31 Å². The Bertz CT molecular complexity index is 597. The highest BCUT2D eigenvalue weighted by Gasteiger charge is 2.41. The molecular formula is C11H11Cl2NO4S. The second-order valence-corrected chi connectivity index (χ2v) is 6.80. The first-order valence-electron chi connectivity index (χ1n) is 5.54. The molecular weight excluding hydrogens is 313 g/mol. The Labute approximate surface area is 120 Å². The Hall–Kier alpha value is -0.820. The molecule has 0 saturated carbocycles. The van der Waals surface area contributed by atoms with Gasteiger partial charge in [0.15, 0.2) is 0 Å². The van der Waals surface area contributed by atoms with E-state index in [1.165, 1.54) is 18.2 Å². The van der Waals surface area contributed by atoms with Crippen LogP contribution in [0.15, 0.2) is 23.1 Å². The van der Waals surface area contributed by atoms with Crippen molar-refractivity contribution in [2.75, 3.05) is 6.54 Å². The summed E-state index contributed by atoms with van der Waals surface area (Å²) in [5.74, 6) is -1.16. The minimum Gasteiger partial charge on any atom is -0.480 e. The summed E-state index contributed by atoms with van der Waals surface area (Å²) in [6.07, 6.45) is 0.787. The maximum atomic E-state index is 12.5. The maximum absolute atomic E-state index is 12.5. The Morgan fingerprint density at radius 1 is 1.32 bits per heavy atom. The van der Waals surface area contributed by atoms with E-state index in [1.54, 1.807) is 0 Å². The van der Waals surface area contributed by atoms with Crippen LogP contribution in [0.2, 0.25) is 10.0 Å². The summed E-state index contributed by atoms with van der Waals surface area (Å²) in [7, 11) is -4.01. The first-order chi connectivity index (χ1) is 8.85. The van der Waals surface area contributed by atoms with Gasteiger partial charge < -0.3 is 5.11 Å². The van der Waals surface area contributed by atoms with Crippen LogP contribution in [0.3, 0.4) is 0 Å². The van der Waals surface area contributed by atoms with E-state index in [9.17, 15) is 13.2 Å². The van der Waals surface area contributed by atoms with Crippen LogP contribution in [0.5, 0.6) is 0 Å². The summed E-state index contributed by atoms with van der Waals surface area (Å²) in [6, 6.07) is 3.29. The number of sulfonamides is 1.